The van der Waals surface area contributed by atoms with Crippen LogP contribution in [0.4, 0.5) is 30.4 Å². The van der Waals surface area contributed by atoms with Crippen LogP contribution >= 0.6 is 0 Å². The maximum Gasteiger partial charge on any atom is 0.417 e. The smallest absolute Gasteiger partial charge is 0.345 e. The number of pyridine rings is 1. The fourth-order valence-electron chi connectivity index (χ4n) is 5.00. The molecule has 0 bridgehead atoms. The minimum atomic E-state index is -4.40. The van der Waals surface area contributed by atoms with Crippen LogP contribution in [0.15, 0.2) is 36.5 Å². The Balaban J connectivity index is 1.95. The molecule has 3 heterocycles. The second-order valence-corrected chi connectivity index (χ2v) is 8.12. The van der Waals surface area contributed by atoms with E-state index in [1.807, 2.05) is 19.9 Å². The third kappa shape index (κ3) is 2.60. The van der Waals surface area contributed by atoms with Gasteiger partial charge in [-0.3, -0.25) is 0 Å². The minimum Gasteiger partial charge on any atom is -0.345 e. The third-order valence-corrected chi connectivity index (χ3v) is 6.52. The van der Waals surface area contributed by atoms with Crippen LogP contribution in [0.2, 0.25) is 0 Å². The van der Waals surface area contributed by atoms with E-state index >= 15 is 0 Å². The van der Waals surface area contributed by atoms with E-state index in [2.05, 4.69) is 46.8 Å². The van der Waals surface area contributed by atoms with E-state index in [0.717, 1.165) is 31.1 Å². The highest BCUT2D eigenvalue weighted by Crippen LogP contribution is 2.55. The second kappa shape index (κ2) is 6.39. The van der Waals surface area contributed by atoms with E-state index in [1.165, 1.54) is 11.6 Å². The molecule has 28 heavy (non-hydrogen) atoms. The van der Waals surface area contributed by atoms with Gasteiger partial charge in [0.2, 0.25) is 0 Å². The molecular formula is C22H26F3N3. The lowest BCUT2D eigenvalue weighted by molar-refractivity contribution is -0.137. The Morgan fingerprint density at radius 2 is 1.82 bits per heavy atom. The fraction of sp³-hybridized carbons (Fsp3) is 0.500. The van der Waals surface area contributed by atoms with Crippen molar-refractivity contribution in [1.29, 1.82) is 0 Å². The minimum absolute atomic E-state index is 0.0137. The van der Waals surface area contributed by atoms with E-state index in [9.17, 15) is 13.2 Å². The van der Waals surface area contributed by atoms with Crippen molar-refractivity contribution in [2.75, 3.05) is 9.80 Å². The summed E-state index contributed by atoms with van der Waals surface area (Å²) in [5, 5.41) is 0. The van der Waals surface area contributed by atoms with E-state index in [0.29, 0.717) is 11.5 Å². The molecule has 3 nitrogen and oxygen atoms in total. The highest BCUT2D eigenvalue weighted by Gasteiger charge is 2.50. The monoisotopic (exact) mass is 389 g/mol. The lowest BCUT2D eigenvalue weighted by atomic mass is 9.69. The van der Waals surface area contributed by atoms with Crippen LogP contribution in [-0.4, -0.2) is 17.2 Å². The van der Waals surface area contributed by atoms with Gasteiger partial charge in [0.15, 0.2) is 5.82 Å². The largest absolute Gasteiger partial charge is 0.417 e. The van der Waals surface area contributed by atoms with Crippen LogP contribution in [-0.2, 0) is 11.6 Å². The molecule has 1 unspecified atom stereocenters. The Kier molecular flexibility index (Phi) is 4.36. The first kappa shape index (κ1) is 19.1. The van der Waals surface area contributed by atoms with Gasteiger partial charge in [-0.15, -0.1) is 0 Å². The molecule has 2 aromatic rings. The second-order valence-electron chi connectivity index (χ2n) is 8.12. The predicted octanol–water partition coefficient (Wildman–Crippen LogP) is 6.25. The summed E-state index contributed by atoms with van der Waals surface area (Å²) in [7, 11) is 0. The number of benzene rings is 1. The standard InChI is InChI=1S/C22H26F3N3/c1-5-21(6-2)12-19-27(14(3)4)18-11-15(22(23,24)25)13-26-20(18)28(19)17-10-8-7-9-16(17)21/h7-11,13-14,19H,5-6,12H2,1-4H3. The molecule has 150 valence electrons. The van der Waals surface area contributed by atoms with Gasteiger partial charge in [0.1, 0.15) is 6.17 Å². The molecule has 0 fully saturated rings. The molecule has 0 aliphatic carbocycles. The Hall–Kier alpha value is -2.24. The van der Waals surface area contributed by atoms with Crippen LogP contribution in [0.3, 0.4) is 0 Å². The number of hydrogen-bond acceptors (Lipinski definition) is 3. The number of aromatic nitrogens is 1. The van der Waals surface area contributed by atoms with E-state index < -0.39 is 11.7 Å². The molecule has 2 aliphatic heterocycles. The van der Waals surface area contributed by atoms with Crippen molar-refractivity contribution in [3.63, 3.8) is 0 Å². The molecule has 1 atom stereocenters. The average Bonchev–Trinajstić information content (AvgIpc) is 2.99. The maximum absolute atomic E-state index is 13.4. The molecule has 1 aromatic carbocycles. The highest BCUT2D eigenvalue weighted by atomic mass is 19.4. The number of nitrogens with zero attached hydrogens (tertiary/aromatic N) is 3. The van der Waals surface area contributed by atoms with Gasteiger partial charge >= 0.3 is 6.18 Å². The number of halogens is 3. The predicted molar refractivity (Wildman–Crippen MR) is 106 cm³/mol. The van der Waals surface area contributed by atoms with Gasteiger partial charge in [-0.25, -0.2) is 4.98 Å². The molecule has 6 heteroatoms. The molecular weight excluding hydrogens is 363 g/mol. The molecule has 2 aliphatic rings. The molecule has 4 rings (SSSR count). The van der Waals surface area contributed by atoms with Crippen molar-refractivity contribution >= 4 is 17.2 Å². The Morgan fingerprint density at radius 3 is 2.43 bits per heavy atom. The van der Waals surface area contributed by atoms with Gasteiger partial charge in [-0.05, 0) is 50.8 Å². The molecule has 0 spiro atoms. The first-order valence-corrected chi connectivity index (χ1v) is 9.98. The molecule has 1 aromatic heterocycles. The van der Waals surface area contributed by atoms with E-state index in [-0.39, 0.29) is 17.6 Å². The third-order valence-electron chi connectivity index (χ3n) is 6.52. The summed E-state index contributed by atoms with van der Waals surface area (Å²) in [6.45, 7) is 8.48. The summed E-state index contributed by atoms with van der Waals surface area (Å²) < 4.78 is 40.1. The summed E-state index contributed by atoms with van der Waals surface area (Å²) in [6.07, 6.45) is -0.609. The van der Waals surface area contributed by atoms with Crippen molar-refractivity contribution in [2.45, 2.75) is 70.8 Å². The Morgan fingerprint density at radius 1 is 1.14 bits per heavy atom. The lowest BCUT2D eigenvalue weighted by Gasteiger charge is -2.48. The van der Waals surface area contributed by atoms with Crippen LogP contribution in [0, 0.1) is 0 Å². The van der Waals surface area contributed by atoms with Crippen molar-refractivity contribution in [2.24, 2.45) is 0 Å². The van der Waals surface area contributed by atoms with Crippen LogP contribution in [0.25, 0.3) is 0 Å². The van der Waals surface area contributed by atoms with Gasteiger partial charge in [-0.1, -0.05) is 32.0 Å². The number of anilines is 3. The number of hydrogen-bond donors (Lipinski definition) is 0. The molecule has 0 N–H and O–H groups in total. The van der Waals surface area contributed by atoms with Crippen molar-refractivity contribution in [3.05, 3.63) is 47.7 Å². The van der Waals surface area contributed by atoms with Gasteiger partial charge in [0.25, 0.3) is 0 Å². The van der Waals surface area contributed by atoms with E-state index in [1.54, 1.807) is 0 Å². The number of rotatable bonds is 3. The first-order valence-electron chi connectivity index (χ1n) is 9.98. The lowest BCUT2D eigenvalue weighted by Crippen LogP contribution is -2.52. The Labute approximate surface area is 164 Å². The van der Waals surface area contributed by atoms with Crippen LogP contribution in [0.1, 0.15) is 58.1 Å². The quantitative estimate of drug-likeness (QED) is 0.618. The van der Waals surface area contributed by atoms with Gasteiger partial charge in [0.05, 0.1) is 11.3 Å². The van der Waals surface area contributed by atoms with Crippen molar-refractivity contribution in [1.82, 2.24) is 4.98 Å². The zero-order valence-electron chi connectivity index (χ0n) is 16.7. The summed E-state index contributed by atoms with van der Waals surface area (Å²) in [4.78, 5) is 8.57. The maximum atomic E-state index is 13.4. The first-order chi connectivity index (χ1) is 13.2. The molecule has 0 radical (unpaired) electrons. The number of para-hydroxylation sites is 1. The van der Waals surface area contributed by atoms with Crippen LogP contribution in [0.5, 0.6) is 0 Å². The fourth-order valence-corrected chi connectivity index (χ4v) is 5.00. The number of alkyl halides is 3. The average molecular weight is 389 g/mol. The molecule has 0 saturated heterocycles. The summed E-state index contributed by atoms with van der Waals surface area (Å²) in [6, 6.07) is 9.63. The highest BCUT2D eigenvalue weighted by molar-refractivity contribution is 5.84. The van der Waals surface area contributed by atoms with Gasteiger partial charge in [-0.2, -0.15) is 13.2 Å². The van der Waals surface area contributed by atoms with Gasteiger partial charge in [0, 0.05) is 23.3 Å². The number of fused-ring (bicyclic) bond motifs is 5. The summed E-state index contributed by atoms with van der Waals surface area (Å²) >= 11 is 0. The summed E-state index contributed by atoms with van der Waals surface area (Å²) in [5.41, 5.74) is 2.24. The van der Waals surface area contributed by atoms with Crippen LogP contribution < -0.4 is 9.80 Å². The zero-order valence-corrected chi connectivity index (χ0v) is 16.7. The summed E-state index contributed by atoms with van der Waals surface area (Å²) in [5.74, 6) is 0.625. The topological polar surface area (TPSA) is 19.4 Å². The zero-order chi connectivity index (χ0) is 20.3. The molecule has 0 amide bonds. The van der Waals surface area contributed by atoms with Crippen molar-refractivity contribution in [3.8, 4) is 0 Å². The van der Waals surface area contributed by atoms with E-state index in [4.69, 9.17) is 0 Å². The Bertz CT molecular complexity index is 887. The van der Waals surface area contributed by atoms with Crippen molar-refractivity contribution < 1.29 is 13.2 Å². The van der Waals surface area contributed by atoms with Gasteiger partial charge < -0.3 is 9.80 Å². The molecule has 0 saturated carbocycles. The SMILES string of the molecule is CCC1(CC)CC2N(c3ccccc31)c1ncc(C(F)(F)F)cc1N2C(C)C. The normalized spacial score (nSPS) is 20.2.